The van der Waals surface area contributed by atoms with Crippen LogP contribution in [0.4, 0.5) is 0 Å². The molecule has 17 heavy (non-hydrogen) atoms. The zero-order valence-corrected chi connectivity index (χ0v) is 11.3. The molecule has 1 heterocycles. The Morgan fingerprint density at radius 3 is 2.53 bits per heavy atom. The van der Waals surface area contributed by atoms with Gasteiger partial charge in [0.25, 0.3) is 0 Å². The van der Waals surface area contributed by atoms with Crippen LogP contribution in [0.25, 0.3) is 0 Å². The largest absolute Gasteiger partial charge is 0.376 e. The predicted molar refractivity (Wildman–Crippen MR) is 69.2 cm³/mol. The Balaban J connectivity index is 1.85. The highest BCUT2D eigenvalue weighted by molar-refractivity contribution is 4.90. The number of ether oxygens (including phenoxy) is 2. The molecule has 2 fully saturated rings. The Morgan fingerprint density at radius 2 is 2.00 bits per heavy atom. The first-order valence-corrected chi connectivity index (χ1v) is 7.20. The number of rotatable bonds is 6. The zero-order valence-electron chi connectivity index (χ0n) is 11.3. The van der Waals surface area contributed by atoms with E-state index < -0.39 is 0 Å². The summed E-state index contributed by atoms with van der Waals surface area (Å²) in [7, 11) is 0. The van der Waals surface area contributed by atoms with Gasteiger partial charge in [-0.3, -0.25) is 0 Å². The van der Waals surface area contributed by atoms with Crippen LogP contribution in [0, 0.1) is 5.92 Å². The second kappa shape index (κ2) is 6.17. The molecule has 1 aliphatic carbocycles. The van der Waals surface area contributed by atoms with Gasteiger partial charge in [-0.25, -0.2) is 0 Å². The van der Waals surface area contributed by atoms with Crippen molar-refractivity contribution in [2.24, 2.45) is 5.92 Å². The molecule has 0 radical (unpaired) electrons. The third-order valence-corrected chi connectivity index (χ3v) is 4.08. The maximum Gasteiger partial charge on any atom is 0.105 e. The van der Waals surface area contributed by atoms with Gasteiger partial charge < -0.3 is 14.8 Å². The van der Waals surface area contributed by atoms with Crippen molar-refractivity contribution in [3.8, 4) is 0 Å². The lowest BCUT2D eigenvalue weighted by atomic mass is 9.79. The van der Waals surface area contributed by atoms with Gasteiger partial charge in [0.1, 0.15) is 6.10 Å². The second-order valence-electron chi connectivity index (χ2n) is 5.82. The minimum atomic E-state index is 0.0934. The highest BCUT2D eigenvalue weighted by Gasteiger charge is 2.38. The van der Waals surface area contributed by atoms with Gasteiger partial charge in [0.2, 0.25) is 0 Å². The summed E-state index contributed by atoms with van der Waals surface area (Å²) in [5.41, 5.74) is 0.0934. The van der Waals surface area contributed by atoms with E-state index in [0.29, 0.717) is 6.10 Å². The first-order valence-electron chi connectivity index (χ1n) is 7.20. The monoisotopic (exact) mass is 241 g/mol. The fourth-order valence-electron chi connectivity index (χ4n) is 2.75. The highest BCUT2D eigenvalue weighted by atomic mass is 16.6. The van der Waals surface area contributed by atoms with Crippen LogP contribution in [0.3, 0.4) is 0 Å². The van der Waals surface area contributed by atoms with E-state index in [-0.39, 0.29) is 5.60 Å². The standard InChI is InChI=1S/C14H27NO2/c1-3-8-15-11-14(17-13-9-16-10-13)6-4-12(2)5-7-14/h12-13,15H,3-11H2,1-2H3. The predicted octanol–water partition coefficient (Wildman–Crippen LogP) is 2.35. The molecule has 3 nitrogen and oxygen atoms in total. The minimum Gasteiger partial charge on any atom is -0.376 e. The van der Waals surface area contributed by atoms with Gasteiger partial charge in [-0.15, -0.1) is 0 Å². The Bertz CT molecular complexity index is 220. The van der Waals surface area contributed by atoms with E-state index in [1.165, 1.54) is 32.1 Å². The minimum absolute atomic E-state index is 0.0934. The molecule has 1 aliphatic heterocycles. The van der Waals surface area contributed by atoms with Gasteiger partial charge in [-0.1, -0.05) is 13.8 Å². The van der Waals surface area contributed by atoms with Gasteiger partial charge in [0, 0.05) is 6.54 Å². The summed E-state index contributed by atoms with van der Waals surface area (Å²) in [6.45, 7) is 8.28. The van der Waals surface area contributed by atoms with Crippen molar-refractivity contribution in [3.05, 3.63) is 0 Å². The molecule has 0 bridgehead atoms. The van der Waals surface area contributed by atoms with Gasteiger partial charge in [-0.2, -0.15) is 0 Å². The van der Waals surface area contributed by atoms with Crippen LogP contribution < -0.4 is 5.32 Å². The second-order valence-corrected chi connectivity index (χ2v) is 5.82. The van der Waals surface area contributed by atoms with Gasteiger partial charge in [0.05, 0.1) is 18.8 Å². The molecule has 1 saturated carbocycles. The number of nitrogens with one attached hydrogen (secondary N) is 1. The summed E-state index contributed by atoms with van der Waals surface area (Å²) in [6.07, 6.45) is 6.58. The van der Waals surface area contributed by atoms with Crippen molar-refractivity contribution in [1.82, 2.24) is 5.32 Å². The van der Waals surface area contributed by atoms with Crippen molar-refractivity contribution < 1.29 is 9.47 Å². The van der Waals surface area contributed by atoms with Gasteiger partial charge in [0.15, 0.2) is 0 Å². The molecule has 0 aromatic heterocycles. The molecule has 0 atom stereocenters. The molecule has 0 aromatic rings. The van der Waals surface area contributed by atoms with E-state index >= 15 is 0 Å². The molecule has 100 valence electrons. The fraction of sp³-hybridized carbons (Fsp3) is 1.00. The van der Waals surface area contributed by atoms with E-state index in [9.17, 15) is 0 Å². The van der Waals surface area contributed by atoms with Crippen LogP contribution in [0.2, 0.25) is 0 Å². The molecule has 0 amide bonds. The van der Waals surface area contributed by atoms with Crippen LogP contribution in [-0.4, -0.2) is 38.0 Å². The molecular formula is C14H27NO2. The summed E-state index contributed by atoms with van der Waals surface area (Å²) >= 11 is 0. The average molecular weight is 241 g/mol. The molecule has 2 rings (SSSR count). The summed E-state index contributed by atoms with van der Waals surface area (Å²) in [5, 5.41) is 3.55. The van der Waals surface area contributed by atoms with E-state index in [2.05, 4.69) is 19.2 Å². The van der Waals surface area contributed by atoms with Crippen LogP contribution in [-0.2, 0) is 9.47 Å². The van der Waals surface area contributed by atoms with Gasteiger partial charge in [-0.05, 0) is 44.6 Å². The Morgan fingerprint density at radius 1 is 1.29 bits per heavy atom. The normalized spacial score (nSPS) is 34.6. The highest BCUT2D eigenvalue weighted by Crippen LogP contribution is 2.36. The molecule has 1 saturated heterocycles. The first-order chi connectivity index (χ1) is 8.24. The average Bonchev–Trinajstić information content (AvgIpc) is 2.28. The third-order valence-electron chi connectivity index (χ3n) is 4.08. The molecule has 3 heteroatoms. The van der Waals surface area contributed by atoms with Crippen molar-refractivity contribution in [2.75, 3.05) is 26.3 Å². The maximum absolute atomic E-state index is 6.32. The lowest BCUT2D eigenvalue weighted by molar-refractivity contribution is -0.202. The van der Waals surface area contributed by atoms with Crippen LogP contribution in [0.5, 0.6) is 0 Å². The van der Waals surface area contributed by atoms with Crippen LogP contribution >= 0.6 is 0 Å². The molecule has 0 aromatic carbocycles. The molecule has 2 aliphatic rings. The topological polar surface area (TPSA) is 30.5 Å². The summed E-state index contributed by atoms with van der Waals surface area (Å²) in [4.78, 5) is 0. The Hall–Kier alpha value is -0.120. The van der Waals surface area contributed by atoms with Gasteiger partial charge >= 0.3 is 0 Å². The first kappa shape index (κ1) is 13.3. The summed E-state index contributed by atoms with van der Waals surface area (Å²) < 4.78 is 11.5. The SMILES string of the molecule is CCCNCC1(OC2COC2)CCC(C)CC1. The number of hydrogen-bond donors (Lipinski definition) is 1. The Labute approximate surface area is 105 Å². The van der Waals surface area contributed by atoms with E-state index in [1.54, 1.807) is 0 Å². The fourth-order valence-corrected chi connectivity index (χ4v) is 2.75. The van der Waals surface area contributed by atoms with Crippen molar-refractivity contribution in [2.45, 2.75) is 57.7 Å². The Kier molecular flexibility index (Phi) is 4.83. The van der Waals surface area contributed by atoms with Crippen molar-refractivity contribution in [3.63, 3.8) is 0 Å². The van der Waals surface area contributed by atoms with Crippen LogP contribution in [0.15, 0.2) is 0 Å². The summed E-state index contributed by atoms with van der Waals surface area (Å²) in [6, 6.07) is 0. The summed E-state index contributed by atoms with van der Waals surface area (Å²) in [5.74, 6) is 0.871. The number of hydrogen-bond acceptors (Lipinski definition) is 3. The smallest absolute Gasteiger partial charge is 0.105 e. The van der Waals surface area contributed by atoms with Crippen molar-refractivity contribution >= 4 is 0 Å². The third kappa shape index (κ3) is 3.67. The molecule has 0 spiro atoms. The zero-order chi connectivity index (χ0) is 12.1. The van der Waals surface area contributed by atoms with Crippen LogP contribution in [0.1, 0.15) is 46.0 Å². The lowest BCUT2D eigenvalue weighted by Gasteiger charge is -2.44. The lowest BCUT2D eigenvalue weighted by Crippen LogP contribution is -2.52. The maximum atomic E-state index is 6.32. The molecule has 1 N–H and O–H groups in total. The quantitative estimate of drug-likeness (QED) is 0.724. The van der Waals surface area contributed by atoms with E-state index in [4.69, 9.17) is 9.47 Å². The van der Waals surface area contributed by atoms with E-state index in [1.807, 2.05) is 0 Å². The van der Waals surface area contributed by atoms with Crippen molar-refractivity contribution in [1.29, 1.82) is 0 Å². The van der Waals surface area contributed by atoms with E-state index in [0.717, 1.165) is 32.2 Å². The molecular weight excluding hydrogens is 214 g/mol. The molecule has 0 unspecified atom stereocenters.